The van der Waals surface area contributed by atoms with Crippen molar-refractivity contribution in [2.45, 2.75) is 99.1 Å². The lowest BCUT2D eigenvalue weighted by molar-refractivity contribution is -0.00517. The number of amides is 1. The van der Waals surface area contributed by atoms with Crippen LogP contribution >= 0.6 is 0 Å². The Hall–Kier alpha value is -2.95. The molecule has 3 heterocycles. The lowest BCUT2D eigenvalue weighted by Crippen LogP contribution is -2.50. The summed E-state index contributed by atoms with van der Waals surface area (Å²) in [5, 5.41) is -0.419. The Kier molecular flexibility index (Phi) is 6.21. The molecule has 0 N–H and O–H groups in total. The number of benzene rings is 1. The second-order valence-electron chi connectivity index (χ2n) is 10.5. The van der Waals surface area contributed by atoms with Crippen LogP contribution in [0.25, 0.3) is 0 Å². The first kappa shape index (κ1) is 24.4. The zero-order valence-corrected chi connectivity index (χ0v) is 21.5. The van der Waals surface area contributed by atoms with E-state index in [2.05, 4.69) is 9.97 Å². The monoisotopic (exact) mass is 531 g/mol. The summed E-state index contributed by atoms with van der Waals surface area (Å²) in [6, 6.07) is 3.82. The number of hydrogen-bond donors (Lipinski definition) is 0. The number of nitrogens with zero attached hydrogens (tertiary/aromatic N) is 3. The number of ether oxygens (including phenoxy) is 3. The Morgan fingerprint density at radius 1 is 1.00 bits per heavy atom. The molecule has 1 amide bonds. The van der Waals surface area contributed by atoms with Gasteiger partial charge in [-0.15, -0.1) is 0 Å². The number of halogens is 1. The van der Waals surface area contributed by atoms with E-state index in [0.29, 0.717) is 37.1 Å². The molecular formula is C26H30FN3O6S. The number of sulfone groups is 1. The number of rotatable bonds is 7. The van der Waals surface area contributed by atoms with Gasteiger partial charge in [-0.1, -0.05) is 0 Å². The fraction of sp³-hybridized carbons (Fsp3) is 0.577. The van der Waals surface area contributed by atoms with Gasteiger partial charge in [0.2, 0.25) is 11.8 Å². The van der Waals surface area contributed by atoms with Gasteiger partial charge in [0, 0.05) is 24.9 Å². The maximum atomic E-state index is 14.7. The average Bonchev–Trinajstić information content (AvgIpc) is 3.66. The number of carbonyl (C=O) groups is 1. The SMILES string of the molecule is Cc1c(Oc2ccc(S(=O)(=O)C3CC3)cc2F)ncnc1OC1CC2CCC(C1)N2C(=O)OC1CCC1. The van der Waals surface area contributed by atoms with Crippen LogP contribution < -0.4 is 9.47 Å². The van der Waals surface area contributed by atoms with Crippen LogP contribution in [0.15, 0.2) is 29.4 Å². The molecule has 37 heavy (non-hydrogen) atoms. The largest absolute Gasteiger partial charge is 0.474 e. The van der Waals surface area contributed by atoms with Crippen molar-refractivity contribution in [1.82, 2.24) is 14.9 Å². The Morgan fingerprint density at radius 2 is 1.70 bits per heavy atom. The highest BCUT2D eigenvalue weighted by atomic mass is 32.2. The molecule has 2 aliphatic carbocycles. The molecule has 2 aromatic rings. The minimum atomic E-state index is -3.50. The maximum Gasteiger partial charge on any atom is 0.410 e. The van der Waals surface area contributed by atoms with Crippen molar-refractivity contribution >= 4 is 15.9 Å². The van der Waals surface area contributed by atoms with Crippen LogP contribution in [-0.2, 0) is 14.6 Å². The van der Waals surface area contributed by atoms with E-state index in [0.717, 1.165) is 38.2 Å². The van der Waals surface area contributed by atoms with Crippen molar-refractivity contribution < 1.29 is 31.8 Å². The van der Waals surface area contributed by atoms with Gasteiger partial charge >= 0.3 is 6.09 Å². The Bertz CT molecular complexity index is 1300. The quantitative estimate of drug-likeness (QED) is 0.505. The van der Waals surface area contributed by atoms with Crippen molar-refractivity contribution in [2.75, 3.05) is 0 Å². The second-order valence-corrected chi connectivity index (χ2v) is 12.7. The number of carbonyl (C=O) groups excluding carboxylic acids is 1. The van der Waals surface area contributed by atoms with Gasteiger partial charge in [0.1, 0.15) is 18.5 Å². The molecule has 11 heteroatoms. The van der Waals surface area contributed by atoms with Crippen molar-refractivity contribution in [1.29, 1.82) is 0 Å². The van der Waals surface area contributed by atoms with Crippen LogP contribution in [0.5, 0.6) is 17.5 Å². The first-order chi connectivity index (χ1) is 17.8. The number of aromatic nitrogens is 2. The summed E-state index contributed by atoms with van der Waals surface area (Å²) in [5.41, 5.74) is 0.510. The first-order valence-corrected chi connectivity index (χ1v) is 14.5. The molecule has 1 aromatic carbocycles. The van der Waals surface area contributed by atoms with Crippen LogP contribution in [0.3, 0.4) is 0 Å². The van der Waals surface area contributed by atoms with E-state index in [-0.39, 0.29) is 46.9 Å². The topological polar surface area (TPSA) is 108 Å². The summed E-state index contributed by atoms with van der Waals surface area (Å²) < 4.78 is 57.1. The number of fused-ring (bicyclic) bond motifs is 2. The number of piperidine rings is 1. The summed E-state index contributed by atoms with van der Waals surface area (Å²) >= 11 is 0. The molecule has 6 rings (SSSR count). The third kappa shape index (κ3) is 4.73. The van der Waals surface area contributed by atoms with Crippen LogP contribution in [0.1, 0.15) is 63.4 Å². The Morgan fingerprint density at radius 3 is 2.32 bits per heavy atom. The highest BCUT2D eigenvalue weighted by molar-refractivity contribution is 7.92. The predicted molar refractivity (Wildman–Crippen MR) is 130 cm³/mol. The predicted octanol–water partition coefficient (Wildman–Crippen LogP) is 4.72. The second kappa shape index (κ2) is 9.41. The minimum absolute atomic E-state index is 0.0409. The van der Waals surface area contributed by atoms with Gasteiger partial charge in [-0.2, -0.15) is 0 Å². The molecule has 2 saturated carbocycles. The standard InChI is InChI=1S/C26H30FN3O6S/c1-15-24(34-19-11-16-5-6-17(12-19)30(16)26(31)35-18-3-2-4-18)28-14-29-25(15)36-23-10-9-21(13-22(23)27)37(32,33)20-7-8-20/h9-10,13-14,16-20H,2-8,11-12H2,1H3. The van der Waals surface area contributed by atoms with E-state index in [1.807, 2.05) is 4.90 Å². The van der Waals surface area contributed by atoms with Gasteiger partial charge in [0.15, 0.2) is 21.4 Å². The van der Waals surface area contributed by atoms with Crippen LogP contribution in [0.2, 0.25) is 0 Å². The summed E-state index contributed by atoms with van der Waals surface area (Å²) in [5.74, 6) is -0.432. The average molecular weight is 532 g/mol. The molecule has 198 valence electrons. The zero-order valence-electron chi connectivity index (χ0n) is 20.6. The smallest absolute Gasteiger partial charge is 0.410 e. The number of hydrogen-bond acceptors (Lipinski definition) is 8. The van der Waals surface area contributed by atoms with Gasteiger partial charge in [-0.05, 0) is 70.1 Å². The molecular weight excluding hydrogens is 501 g/mol. The fourth-order valence-electron chi connectivity index (χ4n) is 5.43. The highest BCUT2D eigenvalue weighted by Crippen LogP contribution is 2.40. The molecule has 0 radical (unpaired) electrons. The fourth-order valence-corrected chi connectivity index (χ4v) is 7.10. The molecule has 2 aliphatic heterocycles. The van der Waals surface area contributed by atoms with E-state index in [4.69, 9.17) is 14.2 Å². The van der Waals surface area contributed by atoms with Crippen LogP contribution in [0.4, 0.5) is 9.18 Å². The minimum Gasteiger partial charge on any atom is -0.474 e. The molecule has 2 bridgehead atoms. The van der Waals surface area contributed by atoms with Crippen molar-refractivity contribution in [2.24, 2.45) is 0 Å². The van der Waals surface area contributed by atoms with Gasteiger partial charge < -0.3 is 19.1 Å². The molecule has 1 aromatic heterocycles. The van der Waals surface area contributed by atoms with Gasteiger partial charge in [-0.25, -0.2) is 27.6 Å². The lowest BCUT2D eigenvalue weighted by Gasteiger charge is -2.39. The van der Waals surface area contributed by atoms with Gasteiger partial charge in [-0.3, -0.25) is 0 Å². The van der Waals surface area contributed by atoms with E-state index >= 15 is 0 Å². The Balaban J connectivity index is 1.12. The van der Waals surface area contributed by atoms with Crippen molar-refractivity contribution in [3.63, 3.8) is 0 Å². The molecule has 0 spiro atoms. The molecule has 4 aliphatic rings. The molecule has 9 nitrogen and oxygen atoms in total. The summed E-state index contributed by atoms with van der Waals surface area (Å²) in [6.45, 7) is 1.73. The first-order valence-electron chi connectivity index (χ1n) is 13.0. The van der Waals surface area contributed by atoms with Gasteiger partial charge in [0.05, 0.1) is 15.7 Å². The third-order valence-corrected chi connectivity index (χ3v) is 10.2. The molecule has 2 unspecified atom stereocenters. The van der Waals surface area contributed by atoms with Crippen molar-refractivity contribution in [3.8, 4) is 17.5 Å². The summed E-state index contributed by atoms with van der Waals surface area (Å²) in [4.78, 5) is 22.9. The molecule has 2 atom stereocenters. The van der Waals surface area contributed by atoms with E-state index in [1.165, 1.54) is 18.5 Å². The highest BCUT2D eigenvalue weighted by Gasteiger charge is 2.46. The zero-order chi connectivity index (χ0) is 25.7. The van der Waals surface area contributed by atoms with Gasteiger partial charge in [0.25, 0.3) is 0 Å². The van der Waals surface area contributed by atoms with E-state index < -0.39 is 20.9 Å². The normalized spacial score (nSPS) is 25.5. The van der Waals surface area contributed by atoms with Crippen molar-refractivity contribution in [3.05, 3.63) is 35.9 Å². The maximum absolute atomic E-state index is 14.7. The third-order valence-electron chi connectivity index (χ3n) is 7.89. The molecule has 4 fully saturated rings. The Labute approximate surface area is 215 Å². The van der Waals surface area contributed by atoms with E-state index in [1.54, 1.807) is 6.92 Å². The van der Waals surface area contributed by atoms with Crippen LogP contribution in [0, 0.1) is 12.7 Å². The summed E-state index contributed by atoms with van der Waals surface area (Å²) in [6.07, 6.45) is 8.46. The lowest BCUT2D eigenvalue weighted by atomic mass is 9.96. The summed E-state index contributed by atoms with van der Waals surface area (Å²) in [7, 11) is -3.50. The van der Waals surface area contributed by atoms with E-state index in [9.17, 15) is 17.6 Å². The molecule has 2 saturated heterocycles. The van der Waals surface area contributed by atoms with Crippen LogP contribution in [-0.4, -0.2) is 58.9 Å².